The first-order valence-corrected chi connectivity index (χ1v) is 7.61. The Hall–Kier alpha value is -0.0400. The number of rotatable bonds is 6. The molecule has 4 aliphatic carbocycles. The molecular weight excluding hydrogens is 194 g/mol. The van der Waals surface area contributed by atoms with E-state index in [0.717, 1.165) is 29.2 Å². The molecule has 4 aliphatic rings. The van der Waals surface area contributed by atoms with Gasteiger partial charge in [-0.25, -0.2) is 0 Å². The Kier molecular flexibility index (Phi) is 2.16. The third-order valence-electron chi connectivity index (χ3n) is 5.74. The SMILES string of the molecule is C1CC(CNC(C2CC2)C2CC2)(C2CC2)C1. The molecule has 4 rings (SSSR count). The number of hydrogen-bond acceptors (Lipinski definition) is 1. The van der Waals surface area contributed by atoms with Crippen LogP contribution in [0.5, 0.6) is 0 Å². The van der Waals surface area contributed by atoms with Gasteiger partial charge in [-0.1, -0.05) is 6.42 Å². The first kappa shape index (κ1) is 9.94. The lowest BCUT2D eigenvalue weighted by atomic mass is 9.65. The van der Waals surface area contributed by atoms with Crippen molar-refractivity contribution < 1.29 is 0 Å². The lowest BCUT2D eigenvalue weighted by Crippen LogP contribution is -2.46. The molecule has 0 aliphatic heterocycles. The third kappa shape index (κ3) is 1.72. The highest BCUT2D eigenvalue weighted by Crippen LogP contribution is 2.57. The molecule has 0 aromatic heterocycles. The molecule has 0 saturated heterocycles. The van der Waals surface area contributed by atoms with Crippen molar-refractivity contribution in [1.29, 1.82) is 0 Å². The van der Waals surface area contributed by atoms with Crippen LogP contribution in [0.2, 0.25) is 0 Å². The van der Waals surface area contributed by atoms with Crippen LogP contribution < -0.4 is 5.32 Å². The normalized spacial score (nSPS) is 32.8. The summed E-state index contributed by atoms with van der Waals surface area (Å²) in [5, 5.41) is 4.01. The second-order valence-electron chi connectivity index (χ2n) is 7.07. The molecule has 0 bridgehead atoms. The lowest BCUT2D eigenvalue weighted by molar-refractivity contribution is 0.0916. The fraction of sp³-hybridized carbons (Fsp3) is 1.00. The van der Waals surface area contributed by atoms with Crippen molar-refractivity contribution in [3.63, 3.8) is 0 Å². The van der Waals surface area contributed by atoms with E-state index < -0.39 is 0 Å². The maximum Gasteiger partial charge on any atom is 0.0124 e. The lowest BCUT2D eigenvalue weighted by Gasteiger charge is -2.44. The second kappa shape index (κ2) is 3.48. The summed E-state index contributed by atoms with van der Waals surface area (Å²) in [4.78, 5) is 0. The average Bonchev–Trinajstić information content (AvgIpc) is 3.11. The fourth-order valence-corrected chi connectivity index (χ4v) is 4.01. The van der Waals surface area contributed by atoms with Gasteiger partial charge >= 0.3 is 0 Å². The maximum absolute atomic E-state index is 4.01. The van der Waals surface area contributed by atoms with Gasteiger partial charge in [-0.15, -0.1) is 0 Å². The highest BCUT2D eigenvalue weighted by atomic mass is 15.0. The predicted molar refractivity (Wildman–Crippen MR) is 66.2 cm³/mol. The van der Waals surface area contributed by atoms with Crippen molar-refractivity contribution in [2.45, 2.75) is 63.8 Å². The van der Waals surface area contributed by atoms with Crippen LogP contribution in [0.4, 0.5) is 0 Å². The van der Waals surface area contributed by atoms with Crippen LogP contribution in [0, 0.1) is 23.2 Å². The molecule has 0 spiro atoms. The van der Waals surface area contributed by atoms with Gasteiger partial charge in [0.2, 0.25) is 0 Å². The fourth-order valence-electron chi connectivity index (χ4n) is 4.01. The van der Waals surface area contributed by atoms with E-state index in [0.29, 0.717) is 0 Å². The summed E-state index contributed by atoms with van der Waals surface area (Å²) in [5.41, 5.74) is 0.780. The maximum atomic E-state index is 4.01. The van der Waals surface area contributed by atoms with E-state index in [2.05, 4.69) is 5.32 Å². The van der Waals surface area contributed by atoms with E-state index in [1.165, 1.54) is 51.5 Å². The largest absolute Gasteiger partial charge is 0.313 e. The summed E-state index contributed by atoms with van der Waals surface area (Å²) in [5.74, 6) is 3.26. The Bertz CT molecular complexity index is 257. The predicted octanol–water partition coefficient (Wildman–Crippen LogP) is 3.34. The Labute approximate surface area is 99.4 Å². The molecule has 1 heteroatoms. The summed E-state index contributed by atoms with van der Waals surface area (Å²) in [6, 6.07) is 0.927. The molecule has 0 heterocycles. The van der Waals surface area contributed by atoms with E-state index in [4.69, 9.17) is 0 Å². The van der Waals surface area contributed by atoms with Crippen LogP contribution in [0.25, 0.3) is 0 Å². The van der Waals surface area contributed by atoms with Crippen LogP contribution in [-0.2, 0) is 0 Å². The highest BCUT2D eigenvalue weighted by molar-refractivity contribution is 5.03. The molecule has 16 heavy (non-hydrogen) atoms. The van der Waals surface area contributed by atoms with E-state index in [1.807, 2.05) is 0 Å². The zero-order chi connectivity index (χ0) is 10.6. The third-order valence-corrected chi connectivity index (χ3v) is 5.74. The van der Waals surface area contributed by atoms with Gasteiger partial charge in [-0.3, -0.25) is 0 Å². The molecule has 0 aromatic rings. The molecule has 0 atom stereocenters. The van der Waals surface area contributed by atoms with Gasteiger partial charge in [0.25, 0.3) is 0 Å². The quantitative estimate of drug-likeness (QED) is 0.722. The van der Waals surface area contributed by atoms with E-state index in [-0.39, 0.29) is 0 Å². The van der Waals surface area contributed by atoms with Gasteiger partial charge in [0.05, 0.1) is 0 Å². The van der Waals surface area contributed by atoms with Crippen molar-refractivity contribution in [2.75, 3.05) is 6.54 Å². The van der Waals surface area contributed by atoms with Crippen molar-refractivity contribution in [3.05, 3.63) is 0 Å². The van der Waals surface area contributed by atoms with Crippen molar-refractivity contribution in [1.82, 2.24) is 5.32 Å². The summed E-state index contributed by atoms with van der Waals surface area (Å²) < 4.78 is 0. The molecule has 1 N–H and O–H groups in total. The van der Waals surface area contributed by atoms with Crippen LogP contribution >= 0.6 is 0 Å². The topological polar surface area (TPSA) is 12.0 Å². The molecule has 0 unspecified atom stereocenters. The van der Waals surface area contributed by atoms with Crippen LogP contribution in [0.3, 0.4) is 0 Å². The standard InChI is InChI=1S/C15H25N/c1-8-15(9-1,13-6-7-13)10-16-14(11-2-3-11)12-4-5-12/h11-14,16H,1-10H2. The molecule has 1 nitrogen and oxygen atoms in total. The summed E-state index contributed by atoms with van der Waals surface area (Å²) in [7, 11) is 0. The zero-order valence-electron chi connectivity index (χ0n) is 10.4. The first-order valence-electron chi connectivity index (χ1n) is 7.61. The molecule has 0 radical (unpaired) electrons. The summed E-state index contributed by atoms with van der Waals surface area (Å²) in [6.07, 6.45) is 13.7. The average molecular weight is 219 g/mol. The van der Waals surface area contributed by atoms with E-state index in [1.54, 1.807) is 12.8 Å². The smallest absolute Gasteiger partial charge is 0.0124 e. The number of nitrogens with one attached hydrogen (secondary N) is 1. The minimum atomic E-state index is 0.780. The Morgan fingerprint density at radius 1 is 0.938 bits per heavy atom. The van der Waals surface area contributed by atoms with Crippen molar-refractivity contribution in [3.8, 4) is 0 Å². The second-order valence-corrected chi connectivity index (χ2v) is 7.07. The Morgan fingerprint density at radius 3 is 1.94 bits per heavy atom. The molecule has 0 aromatic carbocycles. The van der Waals surface area contributed by atoms with Crippen LogP contribution in [-0.4, -0.2) is 12.6 Å². The Balaban J connectivity index is 1.35. The molecular formula is C15H25N. The highest BCUT2D eigenvalue weighted by Gasteiger charge is 2.50. The molecule has 90 valence electrons. The summed E-state index contributed by atoms with van der Waals surface area (Å²) in [6.45, 7) is 1.37. The van der Waals surface area contributed by atoms with E-state index >= 15 is 0 Å². The van der Waals surface area contributed by atoms with Crippen molar-refractivity contribution in [2.24, 2.45) is 23.2 Å². The monoisotopic (exact) mass is 219 g/mol. The number of hydrogen-bond donors (Lipinski definition) is 1. The summed E-state index contributed by atoms with van der Waals surface area (Å²) >= 11 is 0. The van der Waals surface area contributed by atoms with Crippen LogP contribution in [0.1, 0.15) is 57.8 Å². The minimum Gasteiger partial charge on any atom is -0.313 e. The van der Waals surface area contributed by atoms with Gasteiger partial charge < -0.3 is 5.32 Å². The van der Waals surface area contributed by atoms with Crippen LogP contribution in [0.15, 0.2) is 0 Å². The zero-order valence-corrected chi connectivity index (χ0v) is 10.4. The van der Waals surface area contributed by atoms with Gasteiger partial charge in [0.15, 0.2) is 0 Å². The first-order chi connectivity index (χ1) is 7.87. The molecule has 0 amide bonds. The minimum absolute atomic E-state index is 0.780. The van der Waals surface area contributed by atoms with Gasteiger partial charge in [0.1, 0.15) is 0 Å². The molecule has 4 saturated carbocycles. The van der Waals surface area contributed by atoms with E-state index in [9.17, 15) is 0 Å². The van der Waals surface area contributed by atoms with Gasteiger partial charge in [-0.2, -0.15) is 0 Å². The Morgan fingerprint density at radius 2 is 1.56 bits per heavy atom. The van der Waals surface area contributed by atoms with Crippen molar-refractivity contribution >= 4 is 0 Å². The van der Waals surface area contributed by atoms with Gasteiger partial charge in [-0.05, 0) is 74.5 Å². The van der Waals surface area contributed by atoms with Gasteiger partial charge in [0, 0.05) is 12.6 Å². The molecule has 4 fully saturated rings.